The molecule has 1 aromatic rings. The van der Waals surface area contributed by atoms with E-state index in [1.54, 1.807) is 19.1 Å². The van der Waals surface area contributed by atoms with E-state index in [4.69, 9.17) is 5.14 Å². The summed E-state index contributed by atoms with van der Waals surface area (Å²) in [6, 6.07) is 4.72. The predicted octanol–water partition coefficient (Wildman–Crippen LogP) is 0.781. The van der Waals surface area contributed by atoms with Crippen LogP contribution in [0, 0.1) is 12.8 Å². The Kier molecular flexibility index (Phi) is 3.16. The number of carbonyl (C=O) groups excluding carboxylic acids is 1. The Hall–Kier alpha value is -1.40. The van der Waals surface area contributed by atoms with Crippen LogP contribution in [0.3, 0.4) is 0 Å². The number of amides is 1. The smallest absolute Gasteiger partial charge is 0.251 e. The van der Waals surface area contributed by atoms with Crippen LogP contribution in [0.15, 0.2) is 23.1 Å². The molecule has 6 heteroatoms. The van der Waals surface area contributed by atoms with Crippen molar-refractivity contribution in [3.8, 4) is 0 Å². The second-order valence-electron chi connectivity index (χ2n) is 4.82. The Bertz CT molecular complexity index is 595. The van der Waals surface area contributed by atoms with Gasteiger partial charge in [-0.15, -0.1) is 0 Å². The summed E-state index contributed by atoms with van der Waals surface area (Å²) in [5.74, 6) is 0.242. The first kappa shape index (κ1) is 13.0. The predicted molar refractivity (Wildman–Crippen MR) is 67.6 cm³/mol. The molecule has 2 atom stereocenters. The fourth-order valence-corrected chi connectivity index (χ4v) is 2.63. The second kappa shape index (κ2) is 4.37. The van der Waals surface area contributed by atoms with E-state index in [-0.39, 0.29) is 16.8 Å². The van der Waals surface area contributed by atoms with Crippen LogP contribution in [0.4, 0.5) is 0 Å². The first-order valence-corrected chi connectivity index (χ1v) is 7.28. The SMILES string of the molecule is Cc1ccc(C(=O)NC2CC2C)cc1S(N)(=O)=O. The highest BCUT2D eigenvalue weighted by Crippen LogP contribution is 2.29. The molecule has 1 aliphatic carbocycles. The first-order chi connectivity index (χ1) is 8.29. The molecule has 98 valence electrons. The summed E-state index contributed by atoms with van der Waals surface area (Å²) < 4.78 is 22.7. The standard InChI is InChI=1S/C12H16N2O3S/c1-7-3-4-9(6-11(7)18(13,16)17)12(15)14-10-5-8(10)2/h3-4,6,8,10H,5H2,1-2H3,(H,14,15)(H2,13,16,17). The van der Waals surface area contributed by atoms with Crippen molar-refractivity contribution in [1.82, 2.24) is 5.32 Å². The number of sulfonamides is 1. The summed E-state index contributed by atoms with van der Waals surface area (Å²) in [5.41, 5.74) is 0.859. The summed E-state index contributed by atoms with van der Waals surface area (Å²) in [5, 5.41) is 7.95. The molecule has 1 amide bonds. The third-order valence-electron chi connectivity index (χ3n) is 3.18. The van der Waals surface area contributed by atoms with Crippen molar-refractivity contribution in [2.75, 3.05) is 0 Å². The summed E-state index contributed by atoms with van der Waals surface area (Å²) in [7, 11) is -3.79. The Balaban J connectivity index is 2.27. The molecule has 2 rings (SSSR count). The lowest BCUT2D eigenvalue weighted by atomic mass is 10.1. The second-order valence-corrected chi connectivity index (χ2v) is 6.35. The van der Waals surface area contributed by atoms with E-state index in [1.165, 1.54) is 6.07 Å². The highest BCUT2D eigenvalue weighted by atomic mass is 32.2. The highest BCUT2D eigenvalue weighted by molar-refractivity contribution is 7.89. The Morgan fingerprint density at radius 2 is 2.06 bits per heavy atom. The van der Waals surface area contributed by atoms with Gasteiger partial charge in [-0.2, -0.15) is 0 Å². The van der Waals surface area contributed by atoms with E-state index >= 15 is 0 Å². The zero-order valence-electron chi connectivity index (χ0n) is 10.3. The maximum atomic E-state index is 11.9. The molecule has 18 heavy (non-hydrogen) atoms. The monoisotopic (exact) mass is 268 g/mol. The summed E-state index contributed by atoms with van der Waals surface area (Å²) in [6.07, 6.45) is 0.972. The minimum atomic E-state index is -3.79. The zero-order chi connectivity index (χ0) is 13.5. The van der Waals surface area contributed by atoms with Crippen LogP contribution < -0.4 is 10.5 Å². The number of nitrogens with one attached hydrogen (secondary N) is 1. The van der Waals surface area contributed by atoms with Crippen LogP contribution in [0.25, 0.3) is 0 Å². The van der Waals surface area contributed by atoms with Gasteiger partial charge in [-0.1, -0.05) is 13.0 Å². The van der Waals surface area contributed by atoms with E-state index < -0.39 is 10.0 Å². The molecule has 0 aromatic heterocycles. The topological polar surface area (TPSA) is 89.3 Å². The molecule has 1 saturated carbocycles. The Morgan fingerprint density at radius 3 is 2.56 bits per heavy atom. The molecular weight excluding hydrogens is 252 g/mol. The maximum Gasteiger partial charge on any atom is 0.251 e. The fraction of sp³-hybridized carbons (Fsp3) is 0.417. The van der Waals surface area contributed by atoms with Gasteiger partial charge in [0.1, 0.15) is 0 Å². The van der Waals surface area contributed by atoms with Gasteiger partial charge >= 0.3 is 0 Å². The lowest BCUT2D eigenvalue weighted by Crippen LogP contribution is -2.27. The van der Waals surface area contributed by atoms with Gasteiger partial charge in [0.25, 0.3) is 5.91 Å². The van der Waals surface area contributed by atoms with Gasteiger partial charge in [-0.05, 0) is 37.0 Å². The number of aryl methyl sites for hydroxylation is 1. The van der Waals surface area contributed by atoms with E-state index in [1.807, 2.05) is 0 Å². The third-order valence-corrected chi connectivity index (χ3v) is 4.24. The number of rotatable bonds is 3. The number of nitrogens with two attached hydrogens (primary N) is 1. The average Bonchev–Trinajstić information content (AvgIpc) is 2.93. The van der Waals surface area contributed by atoms with Gasteiger partial charge in [0.15, 0.2) is 0 Å². The highest BCUT2D eigenvalue weighted by Gasteiger charge is 2.34. The van der Waals surface area contributed by atoms with Gasteiger partial charge in [0.2, 0.25) is 10.0 Å². The summed E-state index contributed by atoms with van der Waals surface area (Å²) in [6.45, 7) is 3.69. The fourth-order valence-electron chi connectivity index (χ4n) is 1.82. The molecule has 0 radical (unpaired) electrons. The van der Waals surface area contributed by atoms with Crippen LogP contribution >= 0.6 is 0 Å². The van der Waals surface area contributed by atoms with Crippen LogP contribution in [0.2, 0.25) is 0 Å². The van der Waals surface area contributed by atoms with Crippen molar-refractivity contribution in [1.29, 1.82) is 0 Å². The van der Waals surface area contributed by atoms with E-state index in [2.05, 4.69) is 12.2 Å². The van der Waals surface area contributed by atoms with Crippen LogP contribution in [-0.2, 0) is 10.0 Å². The normalized spacial score (nSPS) is 22.6. The molecule has 5 nitrogen and oxygen atoms in total. The molecule has 0 heterocycles. The van der Waals surface area contributed by atoms with Gasteiger partial charge in [-0.3, -0.25) is 4.79 Å². The summed E-state index contributed by atoms with van der Waals surface area (Å²) >= 11 is 0. The van der Waals surface area contributed by atoms with Crippen molar-refractivity contribution in [3.05, 3.63) is 29.3 Å². The van der Waals surface area contributed by atoms with Crippen molar-refractivity contribution in [2.24, 2.45) is 11.1 Å². The first-order valence-electron chi connectivity index (χ1n) is 5.73. The van der Waals surface area contributed by atoms with Gasteiger partial charge < -0.3 is 5.32 Å². The average molecular weight is 268 g/mol. The maximum absolute atomic E-state index is 11.9. The number of primary sulfonamides is 1. The van der Waals surface area contributed by atoms with Gasteiger partial charge in [-0.25, -0.2) is 13.6 Å². The zero-order valence-corrected chi connectivity index (χ0v) is 11.1. The van der Waals surface area contributed by atoms with Gasteiger partial charge in [0.05, 0.1) is 4.90 Å². The molecule has 1 fully saturated rings. The van der Waals surface area contributed by atoms with E-state index in [0.717, 1.165) is 6.42 Å². The molecule has 3 N–H and O–H groups in total. The third kappa shape index (κ3) is 2.70. The molecule has 0 bridgehead atoms. The number of hydrogen-bond donors (Lipinski definition) is 2. The largest absolute Gasteiger partial charge is 0.349 e. The number of benzene rings is 1. The minimum Gasteiger partial charge on any atom is -0.349 e. The Morgan fingerprint density at radius 1 is 1.44 bits per heavy atom. The van der Waals surface area contributed by atoms with E-state index in [9.17, 15) is 13.2 Å². The van der Waals surface area contributed by atoms with Crippen molar-refractivity contribution < 1.29 is 13.2 Å². The molecule has 1 aliphatic rings. The number of carbonyl (C=O) groups is 1. The lowest BCUT2D eigenvalue weighted by molar-refractivity contribution is 0.0949. The van der Waals surface area contributed by atoms with Crippen LogP contribution in [0.1, 0.15) is 29.3 Å². The van der Waals surface area contributed by atoms with E-state index in [0.29, 0.717) is 17.0 Å². The quantitative estimate of drug-likeness (QED) is 0.849. The minimum absolute atomic E-state index is 0.000930. The van der Waals surface area contributed by atoms with Crippen molar-refractivity contribution in [2.45, 2.75) is 31.2 Å². The molecular formula is C12H16N2O3S. The summed E-state index contributed by atoms with van der Waals surface area (Å²) in [4.78, 5) is 11.9. The molecule has 0 saturated heterocycles. The van der Waals surface area contributed by atoms with Crippen LogP contribution in [0.5, 0.6) is 0 Å². The lowest BCUT2D eigenvalue weighted by Gasteiger charge is -2.07. The van der Waals surface area contributed by atoms with Crippen molar-refractivity contribution >= 4 is 15.9 Å². The Labute approximate surface area is 106 Å². The van der Waals surface area contributed by atoms with Crippen molar-refractivity contribution in [3.63, 3.8) is 0 Å². The molecule has 0 aliphatic heterocycles. The molecule has 2 unspecified atom stereocenters. The number of hydrogen-bond acceptors (Lipinski definition) is 3. The van der Waals surface area contributed by atoms with Crippen LogP contribution in [-0.4, -0.2) is 20.4 Å². The van der Waals surface area contributed by atoms with Gasteiger partial charge in [0, 0.05) is 11.6 Å². The molecule has 1 aromatic carbocycles. The molecule has 0 spiro atoms.